The average molecular weight is 335 g/mol. The van der Waals surface area contributed by atoms with E-state index in [4.69, 9.17) is 25.8 Å². The fraction of sp³-hybridized carbons (Fsp3) is 0.294. The van der Waals surface area contributed by atoms with Crippen molar-refractivity contribution >= 4 is 23.5 Å². The van der Waals surface area contributed by atoms with E-state index in [-0.39, 0.29) is 11.1 Å². The first kappa shape index (κ1) is 15.8. The minimum Gasteiger partial charge on any atom is -0.466 e. The molecule has 5 nitrogen and oxygen atoms in total. The second kappa shape index (κ2) is 5.51. The third-order valence-electron chi connectivity index (χ3n) is 4.20. The van der Waals surface area contributed by atoms with Gasteiger partial charge in [-0.2, -0.15) is 0 Å². The molecule has 2 unspecified atom stereocenters. The zero-order valence-corrected chi connectivity index (χ0v) is 13.6. The molecule has 2 heterocycles. The van der Waals surface area contributed by atoms with Crippen molar-refractivity contribution in [3.8, 4) is 0 Å². The molecule has 0 fully saturated rings. The van der Waals surface area contributed by atoms with Crippen LogP contribution in [0.25, 0.3) is 0 Å². The van der Waals surface area contributed by atoms with Gasteiger partial charge < -0.3 is 14.2 Å². The van der Waals surface area contributed by atoms with Gasteiger partial charge in [-0.15, -0.1) is 0 Å². The first-order valence-electron chi connectivity index (χ1n) is 7.00. The molecule has 0 amide bonds. The predicted octanol–water partition coefficient (Wildman–Crippen LogP) is 2.45. The number of carbonyl (C=O) groups excluding carboxylic acids is 2. The van der Waals surface area contributed by atoms with Gasteiger partial charge >= 0.3 is 11.9 Å². The number of hydrogen-bond acceptors (Lipinski definition) is 5. The Bertz CT molecular complexity index is 750. The van der Waals surface area contributed by atoms with Crippen LogP contribution in [-0.2, 0) is 29.4 Å². The quantitative estimate of drug-likeness (QED) is 0.795. The average Bonchev–Trinajstić information content (AvgIpc) is 3.07. The standard InChI is InChI=1S/C17H15ClO5/c1-9-13-11(15(19)21-2)12(16(20)22-3)17(23-13,14(9)18)10-7-5-4-6-8-10/h4-8,13H,1-3H3. The number of benzene rings is 1. The molecule has 2 atom stereocenters. The lowest BCUT2D eigenvalue weighted by Crippen LogP contribution is -2.33. The number of esters is 2. The van der Waals surface area contributed by atoms with Gasteiger partial charge in [-0.25, -0.2) is 9.59 Å². The van der Waals surface area contributed by atoms with Crippen LogP contribution in [0.5, 0.6) is 0 Å². The fourth-order valence-corrected chi connectivity index (χ4v) is 3.51. The fourth-order valence-electron chi connectivity index (χ4n) is 3.16. The van der Waals surface area contributed by atoms with Crippen molar-refractivity contribution < 1.29 is 23.8 Å². The van der Waals surface area contributed by atoms with Crippen LogP contribution in [0.15, 0.2) is 52.1 Å². The molecular formula is C17H15ClO5. The Morgan fingerprint density at radius 3 is 2.30 bits per heavy atom. The summed E-state index contributed by atoms with van der Waals surface area (Å²) in [5.74, 6) is -1.29. The van der Waals surface area contributed by atoms with E-state index in [9.17, 15) is 9.59 Å². The van der Waals surface area contributed by atoms with Gasteiger partial charge in [0.15, 0.2) is 5.60 Å². The minimum atomic E-state index is -1.33. The summed E-state index contributed by atoms with van der Waals surface area (Å²) in [7, 11) is 2.51. The molecule has 120 valence electrons. The summed E-state index contributed by atoms with van der Waals surface area (Å²) in [6, 6.07) is 9.05. The maximum atomic E-state index is 12.4. The van der Waals surface area contributed by atoms with Crippen molar-refractivity contribution in [3.63, 3.8) is 0 Å². The Morgan fingerprint density at radius 1 is 1.13 bits per heavy atom. The molecule has 23 heavy (non-hydrogen) atoms. The van der Waals surface area contributed by atoms with Crippen LogP contribution in [0.3, 0.4) is 0 Å². The highest BCUT2D eigenvalue weighted by Gasteiger charge is 2.61. The van der Waals surface area contributed by atoms with Gasteiger partial charge in [0.2, 0.25) is 0 Å². The number of ether oxygens (including phenoxy) is 3. The topological polar surface area (TPSA) is 61.8 Å². The number of methoxy groups -OCH3 is 2. The molecule has 1 aromatic rings. The van der Waals surface area contributed by atoms with Crippen molar-refractivity contribution in [1.29, 1.82) is 0 Å². The van der Waals surface area contributed by atoms with Crippen LogP contribution >= 0.6 is 11.6 Å². The van der Waals surface area contributed by atoms with E-state index in [1.54, 1.807) is 19.1 Å². The van der Waals surface area contributed by atoms with E-state index in [0.29, 0.717) is 16.2 Å². The number of hydrogen-bond donors (Lipinski definition) is 0. The predicted molar refractivity (Wildman–Crippen MR) is 82.6 cm³/mol. The monoisotopic (exact) mass is 334 g/mol. The van der Waals surface area contributed by atoms with Gasteiger partial charge in [0.1, 0.15) is 6.10 Å². The van der Waals surface area contributed by atoms with Crippen LogP contribution in [0.4, 0.5) is 0 Å². The molecule has 3 rings (SSSR count). The lowest BCUT2D eigenvalue weighted by atomic mass is 9.79. The molecule has 0 N–H and O–H groups in total. The molecule has 0 saturated heterocycles. The highest BCUT2D eigenvalue weighted by Crippen LogP contribution is 2.58. The number of halogens is 1. The lowest BCUT2D eigenvalue weighted by molar-refractivity contribution is -0.139. The highest BCUT2D eigenvalue weighted by molar-refractivity contribution is 6.33. The highest BCUT2D eigenvalue weighted by atomic mass is 35.5. The second-order valence-corrected chi connectivity index (χ2v) is 5.69. The SMILES string of the molecule is COC(=O)C1=C(C(=O)OC)C2(c3ccccc3)OC1C(C)=C2Cl. The van der Waals surface area contributed by atoms with Crippen molar-refractivity contribution in [2.24, 2.45) is 0 Å². The third-order valence-corrected chi connectivity index (χ3v) is 4.77. The van der Waals surface area contributed by atoms with E-state index in [0.717, 1.165) is 0 Å². The molecule has 0 saturated carbocycles. The summed E-state index contributed by atoms with van der Waals surface area (Å²) in [5, 5.41) is 0.377. The Balaban J connectivity index is 2.32. The van der Waals surface area contributed by atoms with E-state index in [1.165, 1.54) is 14.2 Å². The lowest BCUT2D eigenvalue weighted by Gasteiger charge is -2.28. The Labute approximate surface area is 138 Å². The van der Waals surface area contributed by atoms with E-state index in [1.807, 2.05) is 18.2 Å². The van der Waals surface area contributed by atoms with Gasteiger partial charge in [0.25, 0.3) is 0 Å². The first-order valence-corrected chi connectivity index (χ1v) is 7.38. The van der Waals surface area contributed by atoms with Gasteiger partial charge in [0, 0.05) is 0 Å². The van der Waals surface area contributed by atoms with E-state index in [2.05, 4.69) is 0 Å². The van der Waals surface area contributed by atoms with E-state index >= 15 is 0 Å². The first-order chi connectivity index (χ1) is 11.0. The van der Waals surface area contributed by atoms with Crippen LogP contribution in [0, 0.1) is 0 Å². The molecule has 0 radical (unpaired) electrons. The van der Waals surface area contributed by atoms with Gasteiger partial charge in [-0.1, -0.05) is 41.9 Å². The Hall–Kier alpha value is -2.11. The number of rotatable bonds is 3. The normalized spacial score (nSPS) is 25.8. The Kier molecular flexibility index (Phi) is 3.78. The van der Waals surface area contributed by atoms with Crippen molar-refractivity contribution in [2.75, 3.05) is 14.2 Å². The molecule has 0 aliphatic carbocycles. The van der Waals surface area contributed by atoms with Gasteiger partial charge in [-0.05, 0) is 18.1 Å². The summed E-state index contributed by atoms with van der Waals surface area (Å²) in [5.41, 5.74) is 0.243. The molecule has 2 aliphatic heterocycles. The molecular weight excluding hydrogens is 320 g/mol. The summed E-state index contributed by atoms with van der Waals surface area (Å²) in [6.07, 6.45) is -0.718. The zero-order valence-electron chi connectivity index (χ0n) is 12.9. The Morgan fingerprint density at radius 2 is 1.74 bits per heavy atom. The molecule has 0 spiro atoms. The second-order valence-electron chi connectivity index (χ2n) is 5.31. The molecule has 6 heteroatoms. The molecule has 0 aromatic heterocycles. The van der Waals surface area contributed by atoms with Crippen LogP contribution in [0.2, 0.25) is 0 Å². The number of fused-ring (bicyclic) bond motifs is 2. The summed E-state index contributed by atoms with van der Waals surface area (Å²) < 4.78 is 15.8. The van der Waals surface area contributed by atoms with Crippen LogP contribution < -0.4 is 0 Å². The summed E-state index contributed by atoms with van der Waals surface area (Å²) >= 11 is 6.52. The molecule has 2 bridgehead atoms. The molecule has 1 aromatic carbocycles. The summed E-state index contributed by atoms with van der Waals surface area (Å²) in [6.45, 7) is 1.77. The van der Waals surface area contributed by atoms with Crippen molar-refractivity contribution in [1.82, 2.24) is 0 Å². The zero-order chi connectivity index (χ0) is 16.8. The minimum absolute atomic E-state index is 0.0821. The van der Waals surface area contributed by atoms with Crippen LogP contribution in [0.1, 0.15) is 12.5 Å². The van der Waals surface area contributed by atoms with Crippen molar-refractivity contribution in [3.05, 3.63) is 57.6 Å². The maximum Gasteiger partial charge on any atom is 0.338 e. The third kappa shape index (κ3) is 1.97. The summed E-state index contributed by atoms with van der Waals surface area (Å²) in [4.78, 5) is 24.6. The molecule has 2 aliphatic rings. The largest absolute Gasteiger partial charge is 0.466 e. The van der Waals surface area contributed by atoms with E-state index < -0.39 is 23.6 Å². The van der Waals surface area contributed by atoms with Gasteiger partial charge in [0.05, 0.1) is 30.4 Å². The number of carbonyl (C=O) groups is 2. The smallest absolute Gasteiger partial charge is 0.338 e. The van der Waals surface area contributed by atoms with Gasteiger partial charge in [-0.3, -0.25) is 0 Å². The maximum absolute atomic E-state index is 12.4. The van der Waals surface area contributed by atoms with Crippen LogP contribution in [-0.4, -0.2) is 32.3 Å². The van der Waals surface area contributed by atoms with Crippen molar-refractivity contribution in [2.45, 2.75) is 18.6 Å².